The van der Waals surface area contributed by atoms with Gasteiger partial charge in [-0.1, -0.05) is 0 Å². The van der Waals surface area contributed by atoms with Crippen LogP contribution < -0.4 is 4.90 Å². The van der Waals surface area contributed by atoms with E-state index < -0.39 is 0 Å². The van der Waals surface area contributed by atoms with Crippen LogP contribution in [0.4, 0.5) is 0 Å². The Labute approximate surface area is 57.6 Å². The fourth-order valence-electron chi connectivity index (χ4n) is 0.983. The highest BCUT2D eigenvalue weighted by Crippen LogP contribution is 1.84. The molecule has 2 aliphatic heterocycles. The molecule has 1 N–H and O–H groups in total. The van der Waals surface area contributed by atoms with Gasteiger partial charge in [0, 0.05) is 0 Å². The predicted molar refractivity (Wildman–Crippen MR) is 35.9 cm³/mol. The number of carbonyl (C=O) groups excluding carboxylic acids is 1. The number of aliphatic imine (C=N–C) groups is 2. The molecule has 0 bridgehead atoms. The molecule has 2 rings (SSSR count). The molecule has 0 aliphatic carbocycles. The van der Waals surface area contributed by atoms with E-state index in [-0.39, 0.29) is 5.91 Å². The van der Waals surface area contributed by atoms with E-state index in [0.29, 0.717) is 6.54 Å². The van der Waals surface area contributed by atoms with E-state index in [1.165, 1.54) is 6.21 Å². The molecule has 0 aromatic rings. The third kappa shape index (κ3) is 0.698. The highest BCUT2D eigenvalue weighted by Gasteiger charge is 2.24. The average molecular weight is 136 g/mol. The van der Waals surface area contributed by atoms with Crippen LogP contribution in [-0.2, 0) is 4.79 Å². The van der Waals surface area contributed by atoms with E-state index in [2.05, 4.69) is 9.98 Å². The largest absolute Gasteiger partial charge is 0.301 e. The van der Waals surface area contributed by atoms with Crippen LogP contribution >= 0.6 is 0 Å². The minimum Gasteiger partial charge on any atom is -0.266 e. The summed E-state index contributed by atoms with van der Waals surface area (Å²) in [6, 6.07) is 0. The van der Waals surface area contributed by atoms with E-state index in [0.717, 1.165) is 10.7 Å². The van der Waals surface area contributed by atoms with Crippen LogP contribution in [0.25, 0.3) is 0 Å². The normalized spacial score (nSPS) is 28.6. The number of rotatable bonds is 0. The van der Waals surface area contributed by atoms with Crippen LogP contribution in [0.2, 0.25) is 0 Å². The van der Waals surface area contributed by atoms with Crippen LogP contribution in [-0.4, -0.2) is 24.5 Å². The maximum atomic E-state index is 10.7. The Balaban J connectivity index is 2.35. The van der Waals surface area contributed by atoms with Crippen molar-refractivity contribution in [2.45, 2.75) is 0 Å². The van der Waals surface area contributed by atoms with Crippen LogP contribution in [0, 0.1) is 0 Å². The Kier molecular flexibility index (Phi) is 1.01. The van der Waals surface area contributed by atoms with Gasteiger partial charge in [-0.3, -0.25) is 4.79 Å². The van der Waals surface area contributed by atoms with E-state index in [1.807, 2.05) is 6.20 Å². The zero-order valence-corrected chi connectivity index (χ0v) is 5.24. The molecule has 2 aliphatic rings. The Bertz CT molecular complexity index is 264. The number of nitrogens with one attached hydrogen (secondary N) is 1. The van der Waals surface area contributed by atoms with E-state index in [9.17, 15) is 4.79 Å². The molecule has 4 heteroatoms. The molecule has 0 radical (unpaired) electrons. The standard InChI is InChI=1S/C6H5N3O/c10-6-4-9-2-1-7-5(9)3-8-6/h1-3H,4H2/p+1. The molecule has 10 heavy (non-hydrogen) atoms. The van der Waals surface area contributed by atoms with Crippen LogP contribution in [0.1, 0.15) is 0 Å². The first-order valence-corrected chi connectivity index (χ1v) is 3.04. The summed E-state index contributed by atoms with van der Waals surface area (Å²) in [7, 11) is 0. The molecule has 1 atom stereocenters. The second-order valence-corrected chi connectivity index (χ2v) is 2.18. The summed E-state index contributed by atoms with van der Waals surface area (Å²) in [5.74, 6) is 0.750. The quantitative estimate of drug-likeness (QED) is 0.427. The number of amidine groups is 1. The molecular weight excluding hydrogens is 130 g/mol. The number of carbonyl (C=O) groups is 1. The number of nitrogens with zero attached hydrogens (tertiary/aromatic N) is 2. The van der Waals surface area contributed by atoms with Gasteiger partial charge in [0.1, 0.15) is 12.4 Å². The number of quaternary nitrogens is 1. The zero-order chi connectivity index (χ0) is 6.97. The monoisotopic (exact) mass is 136 g/mol. The maximum Gasteiger partial charge on any atom is 0.301 e. The highest BCUT2D eigenvalue weighted by atomic mass is 16.1. The van der Waals surface area contributed by atoms with Crippen molar-refractivity contribution in [3.05, 3.63) is 12.4 Å². The lowest BCUT2D eigenvalue weighted by Gasteiger charge is -2.09. The van der Waals surface area contributed by atoms with Gasteiger partial charge in [-0.05, 0) is 0 Å². The molecule has 50 valence electrons. The lowest BCUT2D eigenvalue weighted by Crippen LogP contribution is -3.11. The molecule has 0 spiro atoms. The lowest BCUT2D eigenvalue weighted by molar-refractivity contribution is -0.731. The first-order valence-electron chi connectivity index (χ1n) is 3.04. The average Bonchev–Trinajstić information content (AvgIpc) is 2.33. The molecule has 1 unspecified atom stereocenters. The van der Waals surface area contributed by atoms with Gasteiger partial charge in [0.15, 0.2) is 6.54 Å². The minimum atomic E-state index is -0.0829. The number of amides is 1. The number of hydrogen-bond acceptors (Lipinski definition) is 2. The van der Waals surface area contributed by atoms with E-state index in [1.54, 1.807) is 6.20 Å². The summed E-state index contributed by atoms with van der Waals surface area (Å²) in [5.41, 5.74) is 0. The zero-order valence-electron chi connectivity index (χ0n) is 5.24. The molecule has 1 amide bonds. The minimum absolute atomic E-state index is 0.0829. The Morgan fingerprint density at radius 1 is 1.60 bits per heavy atom. The van der Waals surface area contributed by atoms with Crippen molar-refractivity contribution in [2.75, 3.05) is 6.54 Å². The molecule has 0 aromatic heterocycles. The molecule has 4 nitrogen and oxygen atoms in total. The Morgan fingerprint density at radius 2 is 2.50 bits per heavy atom. The van der Waals surface area contributed by atoms with Gasteiger partial charge < -0.3 is 0 Å². The fourth-order valence-corrected chi connectivity index (χ4v) is 0.983. The van der Waals surface area contributed by atoms with Crippen molar-refractivity contribution in [3.8, 4) is 0 Å². The second kappa shape index (κ2) is 1.85. The predicted octanol–water partition coefficient (Wildman–Crippen LogP) is -1.63. The molecule has 2 heterocycles. The van der Waals surface area contributed by atoms with Crippen LogP contribution in [0.15, 0.2) is 22.4 Å². The molecule has 0 aromatic carbocycles. The van der Waals surface area contributed by atoms with Gasteiger partial charge in [-0.15, -0.1) is 0 Å². The lowest BCUT2D eigenvalue weighted by atomic mass is 10.4. The summed E-state index contributed by atoms with van der Waals surface area (Å²) < 4.78 is 0. The summed E-state index contributed by atoms with van der Waals surface area (Å²) in [6.45, 7) is 0.409. The van der Waals surface area contributed by atoms with Gasteiger partial charge in [0.05, 0.1) is 6.20 Å². The summed E-state index contributed by atoms with van der Waals surface area (Å²) in [6.07, 6.45) is 5.05. The first-order chi connectivity index (χ1) is 4.86. The third-order valence-electron chi connectivity index (χ3n) is 1.49. The molecular formula is C6H6N3O+. The van der Waals surface area contributed by atoms with Crippen molar-refractivity contribution < 1.29 is 9.69 Å². The van der Waals surface area contributed by atoms with Crippen molar-refractivity contribution in [1.82, 2.24) is 0 Å². The van der Waals surface area contributed by atoms with E-state index >= 15 is 0 Å². The maximum absolute atomic E-state index is 10.7. The van der Waals surface area contributed by atoms with Gasteiger partial charge in [-0.25, -0.2) is 9.89 Å². The van der Waals surface area contributed by atoms with Crippen molar-refractivity contribution >= 4 is 18.0 Å². The van der Waals surface area contributed by atoms with Gasteiger partial charge in [0.25, 0.3) is 0 Å². The first kappa shape index (κ1) is 5.49. The summed E-state index contributed by atoms with van der Waals surface area (Å²) in [5, 5.41) is 0. The van der Waals surface area contributed by atoms with Crippen molar-refractivity contribution in [1.29, 1.82) is 0 Å². The van der Waals surface area contributed by atoms with Gasteiger partial charge >= 0.3 is 5.91 Å². The topological polar surface area (TPSA) is 46.2 Å². The van der Waals surface area contributed by atoms with Gasteiger partial charge in [-0.2, -0.15) is 4.99 Å². The highest BCUT2D eigenvalue weighted by molar-refractivity contribution is 6.29. The van der Waals surface area contributed by atoms with Gasteiger partial charge in [0.2, 0.25) is 5.84 Å². The third-order valence-corrected chi connectivity index (χ3v) is 1.49. The Hall–Kier alpha value is -1.29. The SMILES string of the molecule is O=C1C[NH+]2C=CN=C2C=N1. The summed E-state index contributed by atoms with van der Waals surface area (Å²) >= 11 is 0. The second-order valence-electron chi connectivity index (χ2n) is 2.18. The number of hydrogen-bond donors (Lipinski definition) is 1. The molecule has 0 fully saturated rings. The smallest absolute Gasteiger partial charge is 0.266 e. The Morgan fingerprint density at radius 3 is 3.40 bits per heavy atom. The van der Waals surface area contributed by atoms with Crippen molar-refractivity contribution in [2.24, 2.45) is 9.98 Å². The molecule has 0 saturated heterocycles. The van der Waals surface area contributed by atoms with Crippen molar-refractivity contribution in [3.63, 3.8) is 0 Å². The molecule has 0 saturated carbocycles. The van der Waals surface area contributed by atoms with Crippen LogP contribution in [0.3, 0.4) is 0 Å². The summed E-state index contributed by atoms with van der Waals surface area (Å²) in [4.78, 5) is 19.3. The van der Waals surface area contributed by atoms with E-state index in [4.69, 9.17) is 0 Å². The fraction of sp³-hybridized carbons (Fsp3) is 0.167. The van der Waals surface area contributed by atoms with Crippen LogP contribution in [0.5, 0.6) is 0 Å². The number of fused-ring (bicyclic) bond motifs is 1.